The molecule has 122 valence electrons. The number of carbonyl (C=O) groups is 1. The van der Waals surface area contributed by atoms with E-state index < -0.39 is 0 Å². The molecule has 1 saturated heterocycles. The third kappa shape index (κ3) is 3.55. The van der Waals surface area contributed by atoms with Gasteiger partial charge >= 0.3 is 0 Å². The molecule has 2 aromatic rings. The second kappa shape index (κ2) is 6.70. The van der Waals surface area contributed by atoms with E-state index in [-0.39, 0.29) is 11.9 Å². The molecule has 0 aliphatic carbocycles. The summed E-state index contributed by atoms with van der Waals surface area (Å²) in [6, 6.07) is 3.92. The fourth-order valence-electron chi connectivity index (χ4n) is 3.01. The minimum absolute atomic E-state index is 0.0719. The number of aryl methyl sites for hydroxylation is 2. The average Bonchev–Trinajstić information content (AvgIpc) is 2.94. The number of hydrogen-bond donors (Lipinski definition) is 1. The molecule has 0 radical (unpaired) electrons. The van der Waals surface area contributed by atoms with Crippen LogP contribution in [0.15, 0.2) is 29.0 Å². The fourth-order valence-corrected chi connectivity index (χ4v) is 3.45. The van der Waals surface area contributed by atoms with Crippen LogP contribution in [0, 0.1) is 6.92 Å². The van der Waals surface area contributed by atoms with Crippen LogP contribution in [0.2, 0.25) is 0 Å². The van der Waals surface area contributed by atoms with Crippen molar-refractivity contribution in [3.05, 3.63) is 40.3 Å². The van der Waals surface area contributed by atoms with E-state index in [2.05, 4.69) is 49.2 Å². The number of carbonyl (C=O) groups excluding carboxylic acids is 1. The number of amides is 1. The largest absolute Gasteiger partial charge is 0.354 e. The first-order valence-corrected chi connectivity index (χ1v) is 8.50. The SMILES string of the molecule is Cc1cc(Br)cnc1N1CCCC(NC(=O)c2ccnn2C)C1. The van der Waals surface area contributed by atoms with Gasteiger partial charge in [-0.3, -0.25) is 9.48 Å². The number of halogens is 1. The summed E-state index contributed by atoms with van der Waals surface area (Å²) in [6.45, 7) is 3.80. The summed E-state index contributed by atoms with van der Waals surface area (Å²) in [5, 5.41) is 7.16. The number of piperidine rings is 1. The lowest BCUT2D eigenvalue weighted by atomic mass is 10.0. The Balaban J connectivity index is 1.69. The molecule has 6 nitrogen and oxygen atoms in total. The summed E-state index contributed by atoms with van der Waals surface area (Å²) >= 11 is 3.45. The van der Waals surface area contributed by atoms with Crippen LogP contribution in [-0.4, -0.2) is 39.8 Å². The van der Waals surface area contributed by atoms with Crippen LogP contribution < -0.4 is 10.2 Å². The number of pyridine rings is 1. The highest BCUT2D eigenvalue weighted by molar-refractivity contribution is 9.10. The van der Waals surface area contributed by atoms with E-state index in [0.29, 0.717) is 5.69 Å². The van der Waals surface area contributed by atoms with E-state index in [0.717, 1.165) is 41.8 Å². The van der Waals surface area contributed by atoms with Crippen molar-refractivity contribution >= 4 is 27.7 Å². The summed E-state index contributed by atoms with van der Waals surface area (Å²) < 4.78 is 2.58. The molecule has 0 saturated carbocycles. The van der Waals surface area contributed by atoms with Crippen LogP contribution in [0.25, 0.3) is 0 Å². The van der Waals surface area contributed by atoms with Crippen LogP contribution in [0.5, 0.6) is 0 Å². The Kier molecular flexibility index (Phi) is 4.66. The van der Waals surface area contributed by atoms with Crippen molar-refractivity contribution in [3.8, 4) is 0 Å². The molecular weight excluding hydrogens is 358 g/mol. The Bertz CT molecular complexity index is 714. The molecule has 7 heteroatoms. The topological polar surface area (TPSA) is 63.1 Å². The lowest BCUT2D eigenvalue weighted by molar-refractivity contribution is 0.0923. The third-order valence-corrected chi connectivity index (χ3v) is 4.56. The van der Waals surface area contributed by atoms with Crippen molar-refractivity contribution < 1.29 is 4.79 Å². The van der Waals surface area contributed by atoms with E-state index in [1.807, 2.05) is 6.20 Å². The first-order chi connectivity index (χ1) is 11.0. The van der Waals surface area contributed by atoms with Gasteiger partial charge in [-0.05, 0) is 53.4 Å². The van der Waals surface area contributed by atoms with Gasteiger partial charge in [0.1, 0.15) is 11.5 Å². The maximum absolute atomic E-state index is 12.3. The van der Waals surface area contributed by atoms with Gasteiger partial charge in [-0.25, -0.2) is 4.98 Å². The molecule has 1 aliphatic heterocycles. The first-order valence-electron chi connectivity index (χ1n) is 7.70. The van der Waals surface area contributed by atoms with Crippen molar-refractivity contribution in [3.63, 3.8) is 0 Å². The zero-order valence-electron chi connectivity index (χ0n) is 13.3. The maximum Gasteiger partial charge on any atom is 0.269 e. The molecule has 3 rings (SSSR count). The Hall–Kier alpha value is -1.89. The van der Waals surface area contributed by atoms with Crippen molar-refractivity contribution in [1.82, 2.24) is 20.1 Å². The number of rotatable bonds is 3. The highest BCUT2D eigenvalue weighted by atomic mass is 79.9. The van der Waals surface area contributed by atoms with Crippen LogP contribution >= 0.6 is 15.9 Å². The number of nitrogens with one attached hydrogen (secondary N) is 1. The summed E-state index contributed by atoms with van der Waals surface area (Å²) in [7, 11) is 1.77. The van der Waals surface area contributed by atoms with E-state index in [9.17, 15) is 4.79 Å². The molecule has 0 bridgehead atoms. The smallest absolute Gasteiger partial charge is 0.269 e. The molecule has 1 N–H and O–H groups in total. The summed E-state index contributed by atoms with van der Waals surface area (Å²) in [6.07, 6.45) is 5.47. The molecule has 1 amide bonds. The van der Waals surface area contributed by atoms with E-state index in [1.54, 1.807) is 24.0 Å². The normalized spacial score (nSPS) is 18.0. The zero-order valence-corrected chi connectivity index (χ0v) is 14.9. The second-order valence-corrected chi connectivity index (χ2v) is 6.81. The number of hydrogen-bond acceptors (Lipinski definition) is 4. The van der Waals surface area contributed by atoms with Gasteiger partial charge in [-0.2, -0.15) is 5.10 Å². The highest BCUT2D eigenvalue weighted by Gasteiger charge is 2.24. The molecule has 0 spiro atoms. The maximum atomic E-state index is 12.3. The van der Waals surface area contributed by atoms with E-state index >= 15 is 0 Å². The Morgan fingerprint density at radius 2 is 2.30 bits per heavy atom. The first kappa shape index (κ1) is 16.0. The predicted octanol–water partition coefficient (Wildman–Crippen LogP) is 2.28. The minimum atomic E-state index is -0.0719. The van der Waals surface area contributed by atoms with Crippen LogP contribution in [0.4, 0.5) is 5.82 Å². The zero-order chi connectivity index (χ0) is 16.4. The average molecular weight is 378 g/mol. The standard InChI is InChI=1S/C16H20BrN5O/c1-11-8-12(17)9-18-15(11)22-7-3-4-13(10-22)20-16(23)14-5-6-19-21(14)2/h5-6,8-9,13H,3-4,7,10H2,1-2H3,(H,20,23). The van der Waals surface area contributed by atoms with Crippen molar-refractivity contribution in [2.75, 3.05) is 18.0 Å². The van der Waals surface area contributed by atoms with Gasteiger partial charge in [0, 0.05) is 43.0 Å². The quantitative estimate of drug-likeness (QED) is 0.890. The highest BCUT2D eigenvalue weighted by Crippen LogP contribution is 2.24. The minimum Gasteiger partial charge on any atom is -0.354 e. The van der Waals surface area contributed by atoms with Crippen LogP contribution in [0.3, 0.4) is 0 Å². The summed E-state index contributed by atoms with van der Waals surface area (Å²) in [5.41, 5.74) is 1.72. The van der Waals surface area contributed by atoms with Gasteiger partial charge in [-0.15, -0.1) is 0 Å². The predicted molar refractivity (Wildman–Crippen MR) is 92.6 cm³/mol. The van der Waals surface area contributed by atoms with Crippen molar-refractivity contribution in [2.24, 2.45) is 7.05 Å². The van der Waals surface area contributed by atoms with Crippen molar-refractivity contribution in [2.45, 2.75) is 25.8 Å². The third-order valence-electron chi connectivity index (χ3n) is 4.13. The lowest BCUT2D eigenvalue weighted by Crippen LogP contribution is -2.48. The van der Waals surface area contributed by atoms with Crippen LogP contribution in [-0.2, 0) is 7.05 Å². The number of nitrogens with zero attached hydrogens (tertiary/aromatic N) is 4. The van der Waals surface area contributed by atoms with Gasteiger partial charge < -0.3 is 10.2 Å². The number of aromatic nitrogens is 3. The molecule has 1 atom stereocenters. The molecule has 3 heterocycles. The molecule has 1 aliphatic rings. The van der Waals surface area contributed by atoms with Gasteiger partial charge in [0.15, 0.2) is 0 Å². The van der Waals surface area contributed by atoms with E-state index in [4.69, 9.17) is 0 Å². The summed E-state index contributed by atoms with van der Waals surface area (Å²) in [5.74, 6) is 0.921. The molecule has 23 heavy (non-hydrogen) atoms. The van der Waals surface area contributed by atoms with Gasteiger partial charge in [0.25, 0.3) is 5.91 Å². The Labute approximate surface area is 144 Å². The van der Waals surface area contributed by atoms with Crippen molar-refractivity contribution in [1.29, 1.82) is 0 Å². The van der Waals surface area contributed by atoms with Gasteiger partial charge in [0.2, 0.25) is 0 Å². The second-order valence-electron chi connectivity index (χ2n) is 5.89. The molecule has 0 aromatic carbocycles. The van der Waals surface area contributed by atoms with E-state index in [1.165, 1.54) is 0 Å². The summed E-state index contributed by atoms with van der Waals surface area (Å²) in [4.78, 5) is 19.1. The van der Waals surface area contributed by atoms with Gasteiger partial charge in [0.05, 0.1) is 0 Å². The fraction of sp³-hybridized carbons (Fsp3) is 0.438. The Morgan fingerprint density at radius 1 is 1.48 bits per heavy atom. The van der Waals surface area contributed by atoms with Crippen LogP contribution in [0.1, 0.15) is 28.9 Å². The van der Waals surface area contributed by atoms with Gasteiger partial charge in [-0.1, -0.05) is 0 Å². The number of anilines is 1. The lowest BCUT2D eigenvalue weighted by Gasteiger charge is -2.34. The Morgan fingerprint density at radius 3 is 3.00 bits per heavy atom. The molecular formula is C16H20BrN5O. The molecule has 1 fully saturated rings. The molecule has 1 unspecified atom stereocenters. The monoisotopic (exact) mass is 377 g/mol. The molecule has 2 aromatic heterocycles.